The largest absolute Gasteiger partial charge is 0.469 e. The zero-order valence-corrected chi connectivity index (χ0v) is 19.5. The van der Waals surface area contributed by atoms with Gasteiger partial charge in [0, 0.05) is 40.8 Å². The maximum absolute atomic E-state index is 10.5. The molecule has 0 heterocycles. The molecule has 0 amide bonds. The Morgan fingerprint density at radius 2 is 1.17 bits per heavy atom. The van der Waals surface area contributed by atoms with Gasteiger partial charge in [-0.25, -0.2) is 4.57 Å². The van der Waals surface area contributed by atoms with Crippen LogP contribution in [0.15, 0.2) is 12.2 Å². The summed E-state index contributed by atoms with van der Waals surface area (Å²) >= 11 is 0. The fraction of sp³-hybridized carbons (Fsp3) is 0.889. The normalized spacial score (nSPS) is 11.8. The van der Waals surface area contributed by atoms with E-state index in [-0.39, 0.29) is 47.4 Å². The summed E-state index contributed by atoms with van der Waals surface area (Å²) in [5, 5.41) is 0. The minimum Gasteiger partial charge on any atom is -0.303 e. The average molecular weight is 493 g/mol. The van der Waals surface area contributed by atoms with Gasteiger partial charge in [-0.05, 0) is 32.1 Å². The van der Waals surface area contributed by atoms with Crippen LogP contribution in [-0.2, 0) is 9.09 Å². The topological polar surface area (TPSA) is 66.8 Å². The first-order valence-electron chi connectivity index (χ1n) is 9.41. The van der Waals surface area contributed by atoms with Crippen LogP contribution in [-0.4, -0.2) is 16.4 Å². The van der Waals surface area contributed by atoms with E-state index in [0.717, 1.165) is 19.3 Å². The molecule has 0 rings (SSSR count). The number of rotatable bonds is 17. The average Bonchev–Trinajstić information content (AvgIpc) is 2.49. The Hall–Kier alpha value is 1.20. The summed E-state index contributed by atoms with van der Waals surface area (Å²) in [5.74, 6) is 0. The third-order valence-electron chi connectivity index (χ3n) is 3.92. The third kappa shape index (κ3) is 25.4. The summed E-state index contributed by atoms with van der Waals surface area (Å²) in [5.41, 5.74) is 0. The second-order valence-corrected chi connectivity index (χ2v) is 7.50. The number of phosphoric acid groups is 1. The summed E-state index contributed by atoms with van der Waals surface area (Å²) in [6, 6.07) is 0. The van der Waals surface area contributed by atoms with Crippen molar-refractivity contribution in [2.45, 2.75) is 96.8 Å². The van der Waals surface area contributed by atoms with Crippen molar-refractivity contribution in [1.82, 2.24) is 0 Å². The molecular weight excluding hydrogens is 455 g/mol. The first-order valence-corrected chi connectivity index (χ1v) is 10.9. The molecule has 0 saturated heterocycles. The Morgan fingerprint density at radius 1 is 0.750 bits per heavy atom. The minimum absolute atomic E-state index is 0. The van der Waals surface area contributed by atoms with Gasteiger partial charge in [0.1, 0.15) is 0 Å². The van der Waals surface area contributed by atoms with E-state index >= 15 is 0 Å². The van der Waals surface area contributed by atoms with Crippen molar-refractivity contribution in [1.29, 1.82) is 0 Å². The Balaban J connectivity index is 0. The van der Waals surface area contributed by atoms with Crippen LogP contribution in [0.3, 0.4) is 0 Å². The number of unbranched alkanes of at least 4 members (excludes halogenated alkanes) is 12. The van der Waals surface area contributed by atoms with E-state index in [1.807, 2.05) is 0 Å². The molecule has 4 nitrogen and oxygen atoms in total. The molecule has 0 bridgehead atoms. The molecule has 0 saturated carbocycles. The molecule has 0 aliphatic heterocycles. The molecule has 0 aromatic heterocycles. The van der Waals surface area contributed by atoms with Crippen molar-refractivity contribution in [3.63, 3.8) is 0 Å². The second kappa shape index (κ2) is 20.5. The summed E-state index contributed by atoms with van der Waals surface area (Å²) in [6.07, 6.45) is 21.7. The van der Waals surface area contributed by atoms with Gasteiger partial charge in [-0.1, -0.05) is 76.9 Å². The minimum atomic E-state index is -4.26. The first kappa shape index (κ1) is 27.4. The zero-order chi connectivity index (χ0) is 17.2. The van der Waals surface area contributed by atoms with Gasteiger partial charge in [0.05, 0.1) is 6.61 Å². The molecule has 6 heteroatoms. The van der Waals surface area contributed by atoms with Crippen molar-refractivity contribution in [3.05, 3.63) is 12.2 Å². The van der Waals surface area contributed by atoms with Gasteiger partial charge in [0.2, 0.25) is 0 Å². The van der Waals surface area contributed by atoms with Crippen LogP contribution in [0.2, 0.25) is 0 Å². The maximum atomic E-state index is 10.5. The summed E-state index contributed by atoms with van der Waals surface area (Å²) in [4.78, 5) is 17.1. The standard InChI is InChI=1S/C18H37O4P.Nd/c1-2-3-4-5-6-7-8-9-10-11-12-13-14-15-16-17-18-22-23(19,20)21;/h9-10H,2-8,11-18H2,1H3,(H2,19,20,21);/b10-9-;. The van der Waals surface area contributed by atoms with Crippen LogP contribution in [0.1, 0.15) is 96.8 Å². The van der Waals surface area contributed by atoms with Crippen LogP contribution >= 0.6 is 7.82 Å². The molecule has 2 N–H and O–H groups in total. The molecule has 0 unspecified atom stereocenters. The van der Waals surface area contributed by atoms with E-state index in [2.05, 4.69) is 23.6 Å². The van der Waals surface area contributed by atoms with E-state index < -0.39 is 7.82 Å². The number of phosphoric ester groups is 1. The Labute approximate surface area is 182 Å². The monoisotopic (exact) mass is 490 g/mol. The molecule has 0 aromatic carbocycles. The van der Waals surface area contributed by atoms with E-state index in [0.29, 0.717) is 0 Å². The third-order valence-corrected chi connectivity index (χ3v) is 4.43. The van der Waals surface area contributed by atoms with Crippen LogP contribution < -0.4 is 0 Å². The van der Waals surface area contributed by atoms with Gasteiger partial charge in [-0.3, -0.25) is 4.52 Å². The second-order valence-electron chi connectivity index (χ2n) is 6.26. The van der Waals surface area contributed by atoms with Crippen LogP contribution in [0.5, 0.6) is 0 Å². The predicted octanol–water partition coefficient (Wildman–Crippen LogP) is 6.13. The first-order chi connectivity index (χ1) is 11.1. The zero-order valence-electron chi connectivity index (χ0n) is 15.4. The Kier molecular flexibility index (Phi) is 23.4. The van der Waals surface area contributed by atoms with Crippen LogP contribution in [0, 0.1) is 40.8 Å². The van der Waals surface area contributed by atoms with Crippen molar-refractivity contribution < 1.29 is 59.7 Å². The number of hydrogen-bond acceptors (Lipinski definition) is 2. The molecule has 0 radical (unpaired) electrons. The maximum Gasteiger partial charge on any atom is 0.469 e. The molecule has 0 aliphatic carbocycles. The molecular formula is C18H37NdO4P. The van der Waals surface area contributed by atoms with Gasteiger partial charge < -0.3 is 9.79 Å². The SMILES string of the molecule is CCCCCCCC/C=C\CCCCCCCCOP(=O)(O)O.[Nd]. The molecule has 142 valence electrons. The molecule has 0 fully saturated rings. The van der Waals surface area contributed by atoms with Crippen molar-refractivity contribution in [3.8, 4) is 0 Å². The molecule has 24 heavy (non-hydrogen) atoms. The molecule has 0 spiro atoms. The van der Waals surface area contributed by atoms with Crippen molar-refractivity contribution >= 4 is 7.82 Å². The van der Waals surface area contributed by atoms with Gasteiger partial charge in [-0.2, -0.15) is 0 Å². The van der Waals surface area contributed by atoms with E-state index in [4.69, 9.17) is 9.79 Å². The fourth-order valence-corrected chi connectivity index (χ4v) is 2.90. The van der Waals surface area contributed by atoms with Gasteiger partial charge in [0.25, 0.3) is 0 Å². The van der Waals surface area contributed by atoms with Crippen LogP contribution in [0.25, 0.3) is 0 Å². The van der Waals surface area contributed by atoms with Gasteiger partial charge in [0.15, 0.2) is 0 Å². The molecule has 0 atom stereocenters. The van der Waals surface area contributed by atoms with E-state index in [9.17, 15) is 4.57 Å². The number of allylic oxidation sites excluding steroid dienone is 2. The van der Waals surface area contributed by atoms with Gasteiger partial charge in [-0.15, -0.1) is 0 Å². The number of hydrogen-bond donors (Lipinski definition) is 2. The Morgan fingerprint density at radius 3 is 1.62 bits per heavy atom. The van der Waals surface area contributed by atoms with E-state index in [1.165, 1.54) is 70.6 Å². The van der Waals surface area contributed by atoms with Crippen LogP contribution in [0.4, 0.5) is 0 Å². The molecule has 0 aliphatic rings. The summed E-state index contributed by atoms with van der Waals surface area (Å²) in [6.45, 7) is 2.41. The molecule has 0 aromatic rings. The van der Waals surface area contributed by atoms with Gasteiger partial charge >= 0.3 is 7.82 Å². The van der Waals surface area contributed by atoms with Crippen molar-refractivity contribution in [2.75, 3.05) is 6.61 Å². The Bertz CT molecular complexity index is 318. The quantitative estimate of drug-likeness (QED) is 0.146. The van der Waals surface area contributed by atoms with E-state index in [1.54, 1.807) is 0 Å². The summed E-state index contributed by atoms with van der Waals surface area (Å²) < 4.78 is 14.9. The van der Waals surface area contributed by atoms with Crippen molar-refractivity contribution in [2.24, 2.45) is 0 Å². The summed E-state index contributed by atoms with van der Waals surface area (Å²) in [7, 11) is -4.26. The fourth-order valence-electron chi connectivity index (χ4n) is 2.53. The predicted molar refractivity (Wildman–Crippen MR) is 97.4 cm³/mol. The smallest absolute Gasteiger partial charge is 0.303 e.